The smallest absolute Gasteiger partial charge is 0.335 e. The molecule has 0 aliphatic carbocycles. The highest BCUT2D eigenvalue weighted by molar-refractivity contribution is 5.74. The van der Waals surface area contributed by atoms with Crippen molar-refractivity contribution in [3.8, 4) is 0 Å². The lowest BCUT2D eigenvalue weighted by atomic mass is 9.98. The second-order valence-corrected chi connectivity index (χ2v) is 22.8. The molecule has 0 radical (unpaired) electrons. The zero-order chi connectivity index (χ0) is 57.5. The number of carbonyl (C=O) groups is 4. The summed E-state index contributed by atoms with van der Waals surface area (Å²) in [7, 11) is 0. The van der Waals surface area contributed by atoms with Crippen molar-refractivity contribution in [1.82, 2.24) is 0 Å². The summed E-state index contributed by atoms with van der Waals surface area (Å²) >= 11 is 0. The number of unbranched alkanes of at least 4 members (excludes halogenated alkanes) is 37. The van der Waals surface area contributed by atoms with Gasteiger partial charge in [0.1, 0.15) is 18.8 Å². The quantitative estimate of drug-likeness (QED) is 0.0228. The van der Waals surface area contributed by atoms with Gasteiger partial charge in [-0.1, -0.05) is 263 Å². The molecule has 0 bridgehead atoms. The van der Waals surface area contributed by atoms with Crippen LogP contribution < -0.4 is 0 Å². The Kier molecular flexibility index (Phi) is 51.9. The van der Waals surface area contributed by atoms with Crippen molar-refractivity contribution in [2.24, 2.45) is 0 Å². The number of carbonyl (C=O) groups excluding carboxylic acids is 3. The van der Waals surface area contributed by atoms with Gasteiger partial charge in [-0.2, -0.15) is 0 Å². The molecule has 1 saturated heterocycles. The third-order valence-corrected chi connectivity index (χ3v) is 15.2. The van der Waals surface area contributed by atoms with E-state index in [-0.39, 0.29) is 25.9 Å². The normalized spacial score (nSPS) is 18.0. The van der Waals surface area contributed by atoms with Crippen molar-refractivity contribution in [3.05, 3.63) is 36.5 Å². The number of hydrogen-bond acceptors (Lipinski definition) is 11. The predicted molar refractivity (Wildman–Crippen MR) is 322 cm³/mol. The predicted octanol–water partition coefficient (Wildman–Crippen LogP) is 17.6. The number of aliphatic hydroxyl groups is 2. The molecule has 460 valence electrons. The topological polar surface area (TPSA) is 175 Å². The highest BCUT2D eigenvalue weighted by Crippen LogP contribution is 2.27. The first-order valence-electron chi connectivity index (χ1n) is 33.0. The van der Waals surface area contributed by atoms with Crippen molar-refractivity contribution in [1.29, 1.82) is 0 Å². The van der Waals surface area contributed by atoms with Crippen LogP contribution in [0.5, 0.6) is 0 Å². The lowest BCUT2D eigenvalue weighted by molar-refractivity contribution is -0.301. The number of carboxylic acid groups (broad SMARTS) is 1. The second kappa shape index (κ2) is 55.5. The van der Waals surface area contributed by atoms with Crippen LogP contribution in [0.15, 0.2) is 36.5 Å². The maximum atomic E-state index is 13.2. The zero-order valence-corrected chi connectivity index (χ0v) is 50.9. The maximum Gasteiger partial charge on any atom is 0.335 e. The first-order valence-corrected chi connectivity index (χ1v) is 33.0. The summed E-state index contributed by atoms with van der Waals surface area (Å²) in [6.45, 7) is 5.96. The van der Waals surface area contributed by atoms with Crippen LogP contribution >= 0.6 is 0 Å². The van der Waals surface area contributed by atoms with Gasteiger partial charge in [-0.15, -0.1) is 0 Å². The third-order valence-electron chi connectivity index (χ3n) is 15.2. The molecule has 1 heterocycles. The molecule has 1 aliphatic rings. The highest BCUT2D eigenvalue weighted by Gasteiger charge is 2.50. The monoisotopic (exact) mass is 1120 g/mol. The standard InChI is InChI=1S/C67H120O12/c1-4-7-10-13-16-19-22-25-27-29-30-32-33-36-38-41-44-47-50-53-59(68)75-56-58(77-60(69)54-51-48-45-42-39-35-24-21-18-15-12-9-6-3)57-76-67-65(63(72)62(71)64(79-67)66(73)74)78-61(70)55-52-49-46-43-40-37-34-31-28-26-23-20-17-14-11-8-5-2/h12,15,21,24-25,27,58,62-65,67,71-72H,4-11,13-14,16-20,22-23,26,28-57H2,1-3H3,(H,73,74)/b15-12-,24-21-,27-25-. The second-order valence-electron chi connectivity index (χ2n) is 22.8. The van der Waals surface area contributed by atoms with Crippen LogP contribution in [0.2, 0.25) is 0 Å². The number of rotatable bonds is 57. The molecule has 79 heavy (non-hydrogen) atoms. The van der Waals surface area contributed by atoms with E-state index in [1.807, 2.05) is 0 Å². The lowest BCUT2D eigenvalue weighted by Crippen LogP contribution is -2.61. The lowest BCUT2D eigenvalue weighted by Gasteiger charge is -2.40. The summed E-state index contributed by atoms with van der Waals surface area (Å²) in [6.07, 6.45) is 53.9. The molecule has 1 fully saturated rings. The molecule has 0 aromatic carbocycles. The van der Waals surface area contributed by atoms with E-state index in [1.165, 1.54) is 167 Å². The fraction of sp³-hybridized carbons (Fsp3) is 0.851. The summed E-state index contributed by atoms with van der Waals surface area (Å²) in [5, 5.41) is 31.6. The Morgan fingerprint density at radius 2 is 0.785 bits per heavy atom. The average Bonchev–Trinajstić information content (AvgIpc) is 3.44. The van der Waals surface area contributed by atoms with Gasteiger partial charge in [-0.05, 0) is 70.6 Å². The van der Waals surface area contributed by atoms with E-state index in [0.717, 1.165) is 89.9 Å². The molecule has 12 nitrogen and oxygen atoms in total. The van der Waals surface area contributed by atoms with E-state index in [1.54, 1.807) is 0 Å². The van der Waals surface area contributed by atoms with Crippen molar-refractivity contribution >= 4 is 23.9 Å². The highest BCUT2D eigenvalue weighted by atomic mass is 16.7. The first-order chi connectivity index (χ1) is 38.6. The molecule has 1 rings (SSSR count). The Morgan fingerprint density at radius 3 is 1.20 bits per heavy atom. The summed E-state index contributed by atoms with van der Waals surface area (Å²) in [6, 6.07) is 0. The van der Waals surface area contributed by atoms with Crippen LogP contribution in [0.3, 0.4) is 0 Å². The van der Waals surface area contributed by atoms with Crippen LogP contribution in [-0.2, 0) is 42.9 Å². The SMILES string of the molecule is CCC/C=C\C/C=C\CCCCCCCC(=O)OC(COC(=O)CCCCCCCCCCC/C=C\CCCCCCCC)COC1OC(C(=O)O)C(O)C(O)C1OC(=O)CCCCCCCCCCCCCCCCCCC. The third kappa shape index (κ3) is 45.2. The van der Waals surface area contributed by atoms with E-state index in [0.29, 0.717) is 19.3 Å². The molecule has 0 aromatic rings. The average molecular weight is 1120 g/mol. The summed E-state index contributed by atoms with van der Waals surface area (Å²) in [5.41, 5.74) is 0. The number of hydrogen-bond donors (Lipinski definition) is 3. The summed E-state index contributed by atoms with van der Waals surface area (Å²) in [5.74, 6) is -3.11. The van der Waals surface area contributed by atoms with Gasteiger partial charge in [0.2, 0.25) is 0 Å². The summed E-state index contributed by atoms with van der Waals surface area (Å²) < 4.78 is 28.5. The minimum absolute atomic E-state index is 0.0644. The van der Waals surface area contributed by atoms with E-state index in [9.17, 15) is 34.5 Å². The Hall–Kier alpha value is -3.06. The van der Waals surface area contributed by atoms with Gasteiger partial charge in [-0.25, -0.2) is 4.79 Å². The molecular weight excluding hydrogens is 997 g/mol. The Balaban J connectivity index is 2.62. The van der Waals surface area contributed by atoms with E-state index in [2.05, 4.69) is 57.2 Å². The zero-order valence-electron chi connectivity index (χ0n) is 50.9. The van der Waals surface area contributed by atoms with Crippen molar-refractivity contribution < 1.29 is 58.2 Å². The number of esters is 3. The van der Waals surface area contributed by atoms with E-state index < -0.39 is 67.3 Å². The Labute approximate surface area is 482 Å². The molecular formula is C67H120O12. The fourth-order valence-electron chi connectivity index (χ4n) is 10.1. The van der Waals surface area contributed by atoms with Crippen LogP contribution in [0.25, 0.3) is 0 Å². The maximum absolute atomic E-state index is 13.2. The Bertz CT molecular complexity index is 1510. The minimum atomic E-state index is -1.90. The number of ether oxygens (including phenoxy) is 5. The minimum Gasteiger partial charge on any atom is -0.479 e. The van der Waals surface area contributed by atoms with Crippen molar-refractivity contribution in [2.45, 2.75) is 353 Å². The van der Waals surface area contributed by atoms with Gasteiger partial charge in [0.25, 0.3) is 0 Å². The fourth-order valence-corrected chi connectivity index (χ4v) is 10.1. The number of allylic oxidation sites excluding steroid dienone is 6. The van der Waals surface area contributed by atoms with Crippen LogP contribution in [0.1, 0.15) is 316 Å². The van der Waals surface area contributed by atoms with Gasteiger partial charge in [0.05, 0.1) is 6.61 Å². The number of carboxylic acids is 1. The van der Waals surface area contributed by atoms with E-state index >= 15 is 0 Å². The van der Waals surface area contributed by atoms with Gasteiger partial charge < -0.3 is 39.0 Å². The molecule has 0 amide bonds. The molecule has 12 heteroatoms. The van der Waals surface area contributed by atoms with Gasteiger partial charge in [0.15, 0.2) is 24.6 Å². The molecule has 3 N–H and O–H groups in total. The van der Waals surface area contributed by atoms with Gasteiger partial charge >= 0.3 is 23.9 Å². The molecule has 6 unspecified atom stereocenters. The van der Waals surface area contributed by atoms with Crippen molar-refractivity contribution in [3.63, 3.8) is 0 Å². The van der Waals surface area contributed by atoms with Crippen molar-refractivity contribution in [2.75, 3.05) is 13.2 Å². The summed E-state index contributed by atoms with van der Waals surface area (Å²) in [4.78, 5) is 51.3. The molecule has 0 spiro atoms. The Morgan fingerprint density at radius 1 is 0.418 bits per heavy atom. The molecule has 1 aliphatic heterocycles. The van der Waals surface area contributed by atoms with Crippen LogP contribution in [-0.4, -0.2) is 89.2 Å². The largest absolute Gasteiger partial charge is 0.479 e. The van der Waals surface area contributed by atoms with E-state index in [4.69, 9.17) is 23.7 Å². The first kappa shape index (κ1) is 74.0. The van der Waals surface area contributed by atoms with Gasteiger partial charge in [-0.3, -0.25) is 14.4 Å². The number of aliphatic hydroxyl groups excluding tert-OH is 2. The molecule has 0 saturated carbocycles. The van der Waals surface area contributed by atoms with Crippen LogP contribution in [0.4, 0.5) is 0 Å². The number of aliphatic carboxylic acids is 1. The van der Waals surface area contributed by atoms with Gasteiger partial charge in [0, 0.05) is 19.3 Å². The van der Waals surface area contributed by atoms with Crippen LogP contribution in [0, 0.1) is 0 Å². The molecule has 6 atom stereocenters. The molecule has 0 aromatic heterocycles.